The summed E-state index contributed by atoms with van der Waals surface area (Å²) in [6.07, 6.45) is -3.90. The van der Waals surface area contributed by atoms with Gasteiger partial charge >= 0.3 is 13.8 Å². The van der Waals surface area contributed by atoms with Gasteiger partial charge in [0.25, 0.3) is 0 Å². The molecule has 0 bridgehead atoms. The predicted molar refractivity (Wildman–Crippen MR) is 84.8 cm³/mol. The zero-order valence-electron chi connectivity index (χ0n) is 13.5. The van der Waals surface area contributed by atoms with Gasteiger partial charge in [0, 0.05) is 0 Å². The van der Waals surface area contributed by atoms with Crippen molar-refractivity contribution in [2.75, 3.05) is 18.9 Å². The van der Waals surface area contributed by atoms with E-state index in [1.807, 2.05) is 0 Å². The fraction of sp³-hybridized carbons (Fsp3) is 0.583. The van der Waals surface area contributed by atoms with Gasteiger partial charge in [-0.1, -0.05) is 0 Å². The first-order valence-electron chi connectivity index (χ1n) is 7.55. The van der Waals surface area contributed by atoms with Gasteiger partial charge in [0.2, 0.25) is 0 Å². The Labute approximate surface area is 146 Å². The van der Waals surface area contributed by atoms with E-state index in [9.17, 15) is 14.8 Å². The van der Waals surface area contributed by atoms with Crippen LogP contribution in [0.4, 0.5) is 5.82 Å². The first-order chi connectivity index (χ1) is 12.2. The zero-order chi connectivity index (χ0) is 19.1. The minimum atomic E-state index is -4.75. The molecule has 14 heteroatoms. The number of nitrogens with two attached hydrogens (primary N) is 1. The number of rotatable bonds is 6. The van der Waals surface area contributed by atoms with Gasteiger partial charge in [-0.25, -0.2) is 9.55 Å². The van der Waals surface area contributed by atoms with Crippen LogP contribution in [0.5, 0.6) is 6.01 Å². The molecule has 26 heavy (non-hydrogen) atoms. The van der Waals surface area contributed by atoms with Crippen LogP contribution in [0.1, 0.15) is 13.2 Å². The van der Waals surface area contributed by atoms with Crippen LogP contribution in [0.25, 0.3) is 11.2 Å². The van der Waals surface area contributed by atoms with Crippen LogP contribution in [0.15, 0.2) is 6.33 Å². The second-order valence-electron chi connectivity index (χ2n) is 5.48. The Kier molecular flexibility index (Phi) is 5.12. The number of anilines is 1. The third-order valence-electron chi connectivity index (χ3n) is 3.72. The molecule has 144 valence electrons. The SMILES string of the molecule is CCOc1nc(N)c2ncn([C@@H]3O[C@H](COP(=O)(O)O)[C@@H](O)[C@@H]3O)c2n1. The van der Waals surface area contributed by atoms with Gasteiger partial charge in [-0.2, -0.15) is 9.97 Å². The van der Waals surface area contributed by atoms with Gasteiger partial charge in [-0.15, -0.1) is 0 Å². The molecule has 0 spiro atoms. The molecule has 0 aromatic carbocycles. The van der Waals surface area contributed by atoms with Crippen LogP contribution in [0.3, 0.4) is 0 Å². The van der Waals surface area contributed by atoms with E-state index in [0.29, 0.717) is 6.61 Å². The number of phosphoric ester groups is 1. The Hall–Kier alpha value is -1.86. The highest BCUT2D eigenvalue weighted by Crippen LogP contribution is 2.39. The Morgan fingerprint density at radius 3 is 2.73 bits per heavy atom. The summed E-state index contributed by atoms with van der Waals surface area (Å²) in [6, 6.07) is 0.00803. The number of phosphoric acid groups is 1. The first kappa shape index (κ1) is 18.9. The average molecular weight is 391 g/mol. The number of aliphatic hydroxyl groups is 2. The normalized spacial score (nSPS) is 26.5. The number of ether oxygens (including phenoxy) is 2. The summed E-state index contributed by atoms with van der Waals surface area (Å²) in [7, 11) is -4.75. The molecule has 0 saturated carbocycles. The Morgan fingerprint density at radius 2 is 2.08 bits per heavy atom. The van der Waals surface area contributed by atoms with Crippen LogP contribution in [0, 0.1) is 0 Å². The average Bonchev–Trinajstić information content (AvgIpc) is 3.08. The highest BCUT2D eigenvalue weighted by Gasteiger charge is 2.45. The van der Waals surface area contributed by atoms with E-state index in [1.165, 1.54) is 10.9 Å². The third-order valence-corrected chi connectivity index (χ3v) is 4.21. The molecule has 0 unspecified atom stereocenters. The molecule has 1 fully saturated rings. The van der Waals surface area contributed by atoms with Crippen LogP contribution in [0.2, 0.25) is 0 Å². The van der Waals surface area contributed by atoms with E-state index in [2.05, 4.69) is 19.5 Å². The Bertz CT molecular complexity index is 840. The number of aliphatic hydroxyl groups excluding tert-OH is 2. The van der Waals surface area contributed by atoms with Gasteiger partial charge in [0.15, 0.2) is 23.2 Å². The van der Waals surface area contributed by atoms with Crippen molar-refractivity contribution in [3.05, 3.63) is 6.33 Å². The molecule has 13 nitrogen and oxygen atoms in total. The first-order valence-corrected chi connectivity index (χ1v) is 9.08. The van der Waals surface area contributed by atoms with Crippen LogP contribution < -0.4 is 10.5 Å². The maximum Gasteiger partial charge on any atom is 0.469 e. The molecule has 6 N–H and O–H groups in total. The smallest absolute Gasteiger partial charge is 0.464 e. The summed E-state index contributed by atoms with van der Waals surface area (Å²) >= 11 is 0. The van der Waals surface area contributed by atoms with E-state index in [-0.39, 0.29) is 23.0 Å². The molecule has 1 aliphatic heterocycles. The molecule has 1 saturated heterocycles. The molecule has 3 rings (SSSR count). The van der Waals surface area contributed by atoms with Crippen molar-refractivity contribution in [2.24, 2.45) is 0 Å². The number of aromatic nitrogens is 4. The molecule has 0 amide bonds. The van der Waals surface area contributed by atoms with Gasteiger partial charge in [-0.05, 0) is 6.92 Å². The lowest BCUT2D eigenvalue weighted by Crippen LogP contribution is -2.33. The third kappa shape index (κ3) is 3.64. The van der Waals surface area contributed by atoms with Crippen molar-refractivity contribution in [1.29, 1.82) is 0 Å². The van der Waals surface area contributed by atoms with E-state index in [0.717, 1.165) is 0 Å². The molecule has 1 aliphatic rings. The van der Waals surface area contributed by atoms with Gasteiger partial charge in [0.05, 0.1) is 19.5 Å². The fourth-order valence-corrected chi connectivity index (χ4v) is 2.91. The van der Waals surface area contributed by atoms with E-state index in [1.54, 1.807) is 6.92 Å². The number of fused-ring (bicyclic) bond motifs is 1. The highest BCUT2D eigenvalue weighted by molar-refractivity contribution is 7.46. The monoisotopic (exact) mass is 391 g/mol. The van der Waals surface area contributed by atoms with E-state index < -0.39 is 39.0 Å². The summed E-state index contributed by atoms with van der Waals surface area (Å²) in [5, 5.41) is 20.3. The minimum absolute atomic E-state index is 0.00803. The van der Waals surface area contributed by atoms with Gasteiger partial charge in [-0.3, -0.25) is 9.09 Å². The summed E-state index contributed by atoms with van der Waals surface area (Å²) in [5.74, 6) is 0.0617. The van der Waals surface area contributed by atoms with Crippen molar-refractivity contribution < 1.29 is 38.6 Å². The lowest BCUT2D eigenvalue weighted by molar-refractivity contribution is -0.0504. The maximum absolute atomic E-state index is 10.8. The number of hydrogen-bond donors (Lipinski definition) is 5. The standard InChI is InChI=1S/C12H18N5O8P/c1-2-23-12-15-9(13)6-10(16-12)17(4-14-6)11-8(19)7(18)5(25-11)3-24-26(20,21)22/h4-5,7-8,11,18-19H,2-3H2,1H3,(H2,13,15,16)(H2,20,21,22)/t5-,7-,8+,11-/m1/s1. The molecular weight excluding hydrogens is 373 g/mol. The summed E-state index contributed by atoms with van der Waals surface area (Å²) in [5.41, 5.74) is 6.26. The summed E-state index contributed by atoms with van der Waals surface area (Å²) in [6.45, 7) is 1.43. The number of imidazole rings is 1. The minimum Gasteiger partial charge on any atom is -0.464 e. The van der Waals surface area contributed by atoms with Crippen molar-refractivity contribution >= 4 is 24.8 Å². The molecule has 2 aromatic rings. The van der Waals surface area contributed by atoms with Crippen LogP contribution >= 0.6 is 7.82 Å². The number of nitrogen functional groups attached to an aromatic ring is 1. The highest BCUT2D eigenvalue weighted by atomic mass is 31.2. The predicted octanol–water partition coefficient (Wildman–Crippen LogP) is -1.46. The molecule has 0 aliphatic carbocycles. The quantitative estimate of drug-likeness (QED) is 0.359. The van der Waals surface area contributed by atoms with Crippen molar-refractivity contribution in [1.82, 2.24) is 19.5 Å². The van der Waals surface area contributed by atoms with Gasteiger partial charge in [0.1, 0.15) is 18.3 Å². The molecule has 0 radical (unpaired) electrons. The summed E-state index contributed by atoms with van der Waals surface area (Å²) in [4.78, 5) is 29.7. The summed E-state index contributed by atoms with van der Waals surface area (Å²) < 4.78 is 27.2. The van der Waals surface area contributed by atoms with Gasteiger partial charge < -0.3 is 35.2 Å². The number of nitrogens with zero attached hydrogens (tertiary/aromatic N) is 4. The molecule has 4 atom stereocenters. The largest absolute Gasteiger partial charge is 0.469 e. The van der Waals surface area contributed by atoms with Crippen LogP contribution in [-0.4, -0.2) is 71.0 Å². The van der Waals surface area contributed by atoms with Crippen molar-refractivity contribution in [2.45, 2.75) is 31.5 Å². The second-order valence-corrected chi connectivity index (χ2v) is 6.72. The topological polar surface area (TPSA) is 195 Å². The molecular formula is C12H18N5O8P. The van der Waals surface area contributed by atoms with Crippen molar-refractivity contribution in [3.63, 3.8) is 0 Å². The Balaban J connectivity index is 1.90. The second kappa shape index (κ2) is 7.04. The zero-order valence-corrected chi connectivity index (χ0v) is 14.4. The lowest BCUT2D eigenvalue weighted by Gasteiger charge is -2.16. The van der Waals surface area contributed by atoms with E-state index in [4.69, 9.17) is 25.0 Å². The number of hydrogen-bond acceptors (Lipinski definition) is 10. The Morgan fingerprint density at radius 1 is 1.35 bits per heavy atom. The maximum atomic E-state index is 10.8. The van der Waals surface area contributed by atoms with E-state index >= 15 is 0 Å². The van der Waals surface area contributed by atoms with Crippen LogP contribution in [-0.2, 0) is 13.8 Å². The lowest BCUT2D eigenvalue weighted by atomic mass is 10.1. The molecule has 3 heterocycles. The molecule has 2 aromatic heterocycles. The van der Waals surface area contributed by atoms with Crippen molar-refractivity contribution in [3.8, 4) is 6.01 Å². The fourth-order valence-electron chi connectivity index (χ4n) is 2.56.